The van der Waals surface area contributed by atoms with E-state index in [2.05, 4.69) is 10.3 Å². The summed E-state index contributed by atoms with van der Waals surface area (Å²) in [5, 5.41) is 3.27. The first-order chi connectivity index (χ1) is 15.2. The van der Waals surface area contributed by atoms with Crippen molar-refractivity contribution in [1.82, 2.24) is 9.88 Å². The third-order valence-electron chi connectivity index (χ3n) is 6.15. The number of hydrogen-bond acceptors (Lipinski definition) is 4. The van der Waals surface area contributed by atoms with E-state index in [0.29, 0.717) is 31.4 Å². The summed E-state index contributed by atoms with van der Waals surface area (Å²) in [6, 6.07) is 5.52. The van der Waals surface area contributed by atoms with Crippen LogP contribution in [0.2, 0.25) is 0 Å². The number of pyridine rings is 1. The Balaban J connectivity index is 1.46. The van der Waals surface area contributed by atoms with Crippen LogP contribution in [0.15, 0.2) is 36.5 Å². The van der Waals surface area contributed by atoms with Crippen LogP contribution >= 0.6 is 11.8 Å². The minimum atomic E-state index is -4.63. The normalized spacial score (nSPS) is 20.0. The van der Waals surface area contributed by atoms with Crippen LogP contribution in [0.5, 0.6) is 0 Å². The molecule has 1 aromatic carbocycles. The second kappa shape index (κ2) is 9.29. The van der Waals surface area contributed by atoms with Gasteiger partial charge in [-0.25, -0.2) is 4.39 Å². The fourth-order valence-electron chi connectivity index (χ4n) is 4.52. The SMILES string of the molecule is CN(C(=O)C1CCSCC1)C(c1ccc(NC2Cc3ccc(F)cc3C2)cn1)C(F)(F)F. The number of aromatic nitrogens is 1. The molecule has 1 amide bonds. The van der Waals surface area contributed by atoms with Gasteiger partial charge in [0, 0.05) is 19.0 Å². The van der Waals surface area contributed by atoms with E-state index in [1.807, 2.05) is 0 Å². The van der Waals surface area contributed by atoms with Gasteiger partial charge in [0.25, 0.3) is 0 Å². The molecule has 0 spiro atoms. The molecule has 2 aromatic rings. The van der Waals surface area contributed by atoms with Gasteiger partial charge in [-0.2, -0.15) is 24.9 Å². The zero-order valence-corrected chi connectivity index (χ0v) is 18.5. The molecular weight excluding hydrogens is 442 g/mol. The van der Waals surface area contributed by atoms with Crippen molar-refractivity contribution in [2.24, 2.45) is 5.92 Å². The lowest BCUT2D eigenvalue weighted by atomic mass is 9.99. The average molecular weight is 468 g/mol. The second-order valence-electron chi connectivity index (χ2n) is 8.41. The van der Waals surface area contributed by atoms with Crippen LogP contribution in [-0.2, 0) is 17.6 Å². The Labute approximate surface area is 188 Å². The van der Waals surface area contributed by atoms with Crippen LogP contribution in [0.1, 0.15) is 35.7 Å². The smallest absolute Gasteiger partial charge is 0.380 e. The molecule has 0 radical (unpaired) electrons. The Bertz CT molecular complexity index is 961. The van der Waals surface area contributed by atoms with Crippen molar-refractivity contribution in [2.75, 3.05) is 23.9 Å². The summed E-state index contributed by atoms with van der Waals surface area (Å²) in [6.45, 7) is 0. The summed E-state index contributed by atoms with van der Waals surface area (Å²) >= 11 is 1.72. The van der Waals surface area contributed by atoms with Gasteiger partial charge in [0.2, 0.25) is 5.91 Å². The zero-order valence-electron chi connectivity index (χ0n) is 17.7. The molecule has 9 heteroatoms. The molecule has 0 saturated carbocycles. The molecule has 1 aliphatic carbocycles. The van der Waals surface area contributed by atoms with Gasteiger partial charge < -0.3 is 10.2 Å². The monoisotopic (exact) mass is 467 g/mol. The molecule has 0 bridgehead atoms. The molecule has 1 saturated heterocycles. The Morgan fingerprint density at radius 3 is 2.53 bits per heavy atom. The molecule has 32 heavy (non-hydrogen) atoms. The Hall–Kier alpha value is -2.29. The van der Waals surface area contributed by atoms with Crippen LogP contribution in [0.3, 0.4) is 0 Å². The Kier molecular flexibility index (Phi) is 6.65. The lowest BCUT2D eigenvalue weighted by molar-refractivity contribution is -0.191. The number of anilines is 1. The van der Waals surface area contributed by atoms with E-state index in [9.17, 15) is 22.4 Å². The highest BCUT2D eigenvalue weighted by Gasteiger charge is 2.47. The van der Waals surface area contributed by atoms with Crippen molar-refractivity contribution in [1.29, 1.82) is 0 Å². The number of halogens is 4. The van der Waals surface area contributed by atoms with Gasteiger partial charge in [-0.05, 0) is 72.6 Å². The lowest BCUT2D eigenvalue weighted by Gasteiger charge is -2.33. The van der Waals surface area contributed by atoms with Gasteiger partial charge in [-0.15, -0.1) is 0 Å². The summed E-state index contributed by atoms with van der Waals surface area (Å²) in [4.78, 5) is 17.6. The van der Waals surface area contributed by atoms with Gasteiger partial charge in [-0.3, -0.25) is 9.78 Å². The van der Waals surface area contributed by atoms with Gasteiger partial charge in [0.1, 0.15) is 5.82 Å². The van der Waals surface area contributed by atoms with Crippen molar-refractivity contribution in [3.8, 4) is 0 Å². The number of rotatable bonds is 5. The number of carbonyl (C=O) groups is 1. The third kappa shape index (κ3) is 5.03. The molecule has 1 aromatic heterocycles. The number of thioether (sulfide) groups is 1. The maximum Gasteiger partial charge on any atom is 0.414 e. The molecule has 4 rings (SSSR count). The van der Waals surface area contributed by atoms with E-state index in [1.54, 1.807) is 23.9 Å². The lowest BCUT2D eigenvalue weighted by Crippen LogP contribution is -2.43. The molecule has 4 nitrogen and oxygen atoms in total. The quantitative estimate of drug-likeness (QED) is 0.629. The topological polar surface area (TPSA) is 45.2 Å². The number of alkyl halides is 3. The number of hydrogen-bond donors (Lipinski definition) is 1. The fraction of sp³-hybridized carbons (Fsp3) is 0.478. The number of nitrogens with zero attached hydrogens (tertiary/aromatic N) is 2. The summed E-state index contributed by atoms with van der Waals surface area (Å²) in [7, 11) is 1.21. The van der Waals surface area contributed by atoms with E-state index >= 15 is 0 Å². The number of benzene rings is 1. The van der Waals surface area contributed by atoms with Gasteiger partial charge in [-0.1, -0.05) is 6.07 Å². The summed E-state index contributed by atoms with van der Waals surface area (Å²) < 4.78 is 55.2. The molecule has 2 aliphatic rings. The minimum Gasteiger partial charge on any atom is -0.380 e. The average Bonchev–Trinajstić information content (AvgIpc) is 3.15. The van der Waals surface area contributed by atoms with E-state index in [-0.39, 0.29) is 23.5 Å². The number of fused-ring (bicyclic) bond motifs is 1. The second-order valence-corrected chi connectivity index (χ2v) is 9.64. The molecule has 1 fully saturated rings. The predicted octanol–water partition coefficient (Wildman–Crippen LogP) is 5.01. The van der Waals surface area contributed by atoms with Crippen LogP contribution in [0.25, 0.3) is 0 Å². The number of nitrogens with one attached hydrogen (secondary N) is 1. The number of amides is 1. The van der Waals surface area contributed by atoms with Crippen LogP contribution in [0, 0.1) is 11.7 Å². The summed E-state index contributed by atoms with van der Waals surface area (Å²) in [6.07, 6.45) is -0.721. The minimum absolute atomic E-state index is 0.0197. The first-order valence-electron chi connectivity index (χ1n) is 10.6. The Morgan fingerprint density at radius 1 is 1.16 bits per heavy atom. The molecule has 2 unspecified atom stereocenters. The zero-order chi connectivity index (χ0) is 22.9. The fourth-order valence-corrected chi connectivity index (χ4v) is 5.63. The van der Waals surface area contributed by atoms with E-state index in [1.165, 1.54) is 31.4 Å². The molecule has 1 aliphatic heterocycles. The van der Waals surface area contributed by atoms with Gasteiger partial charge >= 0.3 is 6.18 Å². The largest absolute Gasteiger partial charge is 0.414 e. The van der Waals surface area contributed by atoms with E-state index in [4.69, 9.17) is 0 Å². The first kappa shape index (κ1) is 22.9. The maximum atomic E-state index is 13.9. The first-order valence-corrected chi connectivity index (χ1v) is 11.8. The van der Waals surface area contributed by atoms with Crippen LogP contribution in [0.4, 0.5) is 23.2 Å². The highest BCUT2D eigenvalue weighted by molar-refractivity contribution is 7.99. The maximum absolute atomic E-state index is 13.9. The van der Waals surface area contributed by atoms with Crippen molar-refractivity contribution in [2.45, 2.75) is 43.9 Å². The highest BCUT2D eigenvalue weighted by atomic mass is 32.2. The molecule has 1 N–H and O–H groups in total. The Morgan fingerprint density at radius 2 is 1.88 bits per heavy atom. The predicted molar refractivity (Wildman–Crippen MR) is 117 cm³/mol. The number of carbonyl (C=O) groups excluding carboxylic acids is 1. The third-order valence-corrected chi connectivity index (χ3v) is 7.20. The van der Waals surface area contributed by atoms with Gasteiger partial charge in [0.05, 0.1) is 17.6 Å². The molecular formula is C23H25F4N3OS. The summed E-state index contributed by atoms with van der Waals surface area (Å²) in [5.74, 6) is 0.446. The summed E-state index contributed by atoms with van der Waals surface area (Å²) in [5.41, 5.74) is 2.38. The highest BCUT2D eigenvalue weighted by Crippen LogP contribution is 2.38. The van der Waals surface area contributed by atoms with Gasteiger partial charge in [0.15, 0.2) is 6.04 Å². The molecule has 2 atom stereocenters. The van der Waals surface area contributed by atoms with Crippen molar-refractivity contribution in [3.05, 3.63) is 59.2 Å². The van der Waals surface area contributed by atoms with Crippen molar-refractivity contribution >= 4 is 23.4 Å². The van der Waals surface area contributed by atoms with E-state index in [0.717, 1.165) is 27.5 Å². The van der Waals surface area contributed by atoms with Crippen LogP contribution < -0.4 is 5.32 Å². The van der Waals surface area contributed by atoms with Crippen molar-refractivity contribution < 1.29 is 22.4 Å². The molecule has 172 valence electrons. The van der Waals surface area contributed by atoms with Crippen molar-refractivity contribution in [3.63, 3.8) is 0 Å². The van der Waals surface area contributed by atoms with E-state index < -0.39 is 18.1 Å². The standard InChI is InChI=1S/C23H25F4N3OS/c1-30(22(31)14-6-8-32-9-7-14)21(23(25,26)27)20-5-4-18(13-28-20)29-19-11-15-2-3-17(24)10-16(15)12-19/h2-5,10,13-14,19,21,29H,6-9,11-12H2,1H3. The van der Waals surface area contributed by atoms with Crippen LogP contribution in [-0.4, -0.2) is 46.6 Å². The molecule has 2 heterocycles.